The number of phenols is 1. The molecule has 6 heteroatoms. The number of phenolic OH excluding ortho intramolecular Hbond substituents is 1. The molecule has 0 spiro atoms. The molecule has 4 rings (SSSR count). The third-order valence-corrected chi connectivity index (χ3v) is 6.06. The summed E-state index contributed by atoms with van der Waals surface area (Å²) in [5.41, 5.74) is 4.93. The second-order valence-corrected chi connectivity index (χ2v) is 7.71. The van der Waals surface area contributed by atoms with Gasteiger partial charge in [0, 0.05) is 42.8 Å². The number of aromatic amines is 1. The van der Waals surface area contributed by atoms with Gasteiger partial charge in [-0.05, 0) is 50.8 Å². The Bertz CT molecular complexity index is 902. The number of hydrogen-bond donors (Lipinski definition) is 2. The molecule has 2 aliphatic rings. The Labute approximate surface area is 153 Å². The van der Waals surface area contributed by atoms with Gasteiger partial charge in [-0.3, -0.25) is 9.89 Å². The summed E-state index contributed by atoms with van der Waals surface area (Å²) in [5, 5.41) is 17.4. The van der Waals surface area contributed by atoms with E-state index >= 15 is 0 Å². The van der Waals surface area contributed by atoms with Gasteiger partial charge < -0.3 is 14.7 Å². The number of amides is 1. The monoisotopic (exact) mass is 355 g/mol. The van der Waals surface area contributed by atoms with Crippen molar-refractivity contribution in [2.75, 3.05) is 6.54 Å². The molecule has 1 atom stereocenters. The fourth-order valence-electron chi connectivity index (χ4n) is 4.13. The minimum Gasteiger partial charge on any atom is -0.507 e. The lowest BCUT2D eigenvalue weighted by molar-refractivity contribution is -0.149. The van der Waals surface area contributed by atoms with E-state index in [1.54, 1.807) is 6.20 Å². The first kappa shape index (κ1) is 16.9. The Morgan fingerprint density at radius 3 is 2.81 bits per heavy atom. The number of hydrogen-bond acceptors (Lipinski definition) is 4. The van der Waals surface area contributed by atoms with Gasteiger partial charge in [-0.15, -0.1) is 0 Å². The molecule has 0 saturated heterocycles. The predicted octanol–water partition coefficient (Wildman–Crippen LogP) is 2.71. The van der Waals surface area contributed by atoms with E-state index in [9.17, 15) is 9.90 Å². The number of fused-ring (bicyclic) bond motifs is 2. The molecule has 6 nitrogen and oxygen atoms in total. The number of H-pyrrole nitrogens is 1. The van der Waals surface area contributed by atoms with E-state index in [1.807, 2.05) is 32.6 Å². The predicted molar refractivity (Wildman–Crippen MR) is 97.4 cm³/mol. The largest absolute Gasteiger partial charge is 0.507 e. The number of ether oxygens (including phenoxy) is 1. The highest BCUT2D eigenvalue weighted by atomic mass is 16.5. The number of nitrogens with one attached hydrogen (secondary N) is 1. The number of carbonyl (C=O) groups is 1. The zero-order chi connectivity index (χ0) is 18.6. The molecule has 0 radical (unpaired) electrons. The van der Waals surface area contributed by atoms with Gasteiger partial charge in [-0.2, -0.15) is 5.10 Å². The lowest BCUT2D eigenvalue weighted by atomic mass is 9.86. The van der Waals surface area contributed by atoms with Gasteiger partial charge >= 0.3 is 0 Å². The molecule has 2 aliphatic heterocycles. The lowest BCUT2D eigenvalue weighted by Gasteiger charge is -2.40. The minimum absolute atomic E-state index is 0.0257. The van der Waals surface area contributed by atoms with Gasteiger partial charge in [-0.25, -0.2) is 0 Å². The standard InChI is InChI=1S/C20H25N3O3/c1-11-12(2)18-15(13(3)17(11)24)5-7-20(4,26-18)19(25)23-8-6-16-14(10-23)9-21-22-16/h9,24H,5-8,10H2,1-4H3,(H,21,22)/t20-/m0/s1. The fourth-order valence-corrected chi connectivity index (χ4v) is 4.13. The zero-order valence-corrected chi connectivity index (χ0v) is 15.8. The van der Waals surface area contributed by atoms with Gasteiger partial charge in [-0.1, -0.05) is 0 Å². The van der Waals surface area contributed by atoms with Gasteiger partial charge in [0.25, 0.3) is 5.91 Å². The maximum atomic E-state index is 13.3. The van der Waals surface area contributed by atoms with E-state index in [2.05, 4.69) is 10.2 Å². The fraction of sp³-hybridized carbons (Fsp3) is 0.500. The van der Waals surface area contributed by atoms with Crippen molar-refractivity contribution in [3.8, 4) is 11.5 Å². The highest BCUT2D eigenvalue weighted by Crippen LogP contribution is 2.43. The third-order valence-electron chi connectivity index (χ3n) is 6.06. The zero-order valence-electron chi connectivity index (χ0n) is 15.8. The van der Waals surface area contributed by atoms with Gasteiger partial charge in [0.1, 0.15) is 11.5 Å². The van der Waals surface area contributed by atoms with E-state index in [0.29, 0.717) is 25.3 Å². The molecule has 138 valence electrons. The van der Waals surface area contributed by atoms with Crippen molar-refractivity contribution >= 4 is 5.91 Å². The molecule has 26 heavy (non-hydrogen) atoms. The van der Waals surface area contributed by atoms with Crippen molar-refractivity contribution in [2.45, 2.75) is 59.1 Å². The average molecular weight is 355 g/mol. The first-order valence-electron chi connectivity index (χ1n) is 9.13. The van der Waals surface area contributed by atoms with Crippen molar-refractivity contribution in [1.29, 1.82) is 0 Å². The SMILES string of the molecule is Cc1c(C)c2c(c(C)c1O)CC[C@@](C)(C(=O)N1CCc3[nH]ncc3C1)O2. The van der Waals surface area contributed by atoms with E-state index in [-0.39, 0.29) is 5.91 Å². The molecular weight excluding hydrogens is 330 g/mol. The summed E-state index contributed by atoms with van der Waals surface area (Å²) < 4.78 is 6.33. The second kappa shape index (κ2) is 5.76. The van der Waals surface area contributed by atoms with Crippen LogP contribution in [0.1, 0.15) is 46.9 Å². The molecule has 1 aromatic heterocycles. The minimum atomic E-state index is -0.880. The van der Waals surface area contributed by atoms with Crippen LogP contribution in [0.5, 0.6) is 11.5 Å². The lowest BCUT2D eigenvalue weighted by Crippen LogP contribution is -2.53. The average Bonchev–Trinajstić information content (AvgIpc) is 3.11. The van der Waals surface area contributed by atoms with Crippen LogP contribution < -0.4 is 4.74 Å². The Hall–Kier alpha value is -2.50. The van der Waals surface area contributed by atoms with Crippen molar-refractivity contribution < 1.29 is 14.6 Å². The Morgan fingerprint density at radius 2 is 2.04 bits per heavy atom. The summed E-state index contributed by atoms with van der Waals surface area (Å²) in [6.07, 6.45) is 3.92. The number of aromatic nitrogens is 2. The van der Waals surface area contributed by atoms with Gasteiger partial charge in [0.2, 0.25) is 0 Å². The molecule has 2 aromatic rings. The van der Waals surface area contributed by atoms with Gasteiger partial charge in [0.15, 0.2) is 5.60 Å². The molecule has 0 aliphatic carbocycles. The quantitative estimate of drug-likeness (QED) is 0.824. The number of aromatic hydroxyl groups is 1. The Morgan fingerprint density at radius 1 is 1.27 bits per heavy atom. The number of carbonyl (C=O) groups excluding carboxylic acids is 1. The number of nitrogens with zero attached hydrogens (tertiary/aromatic N) is 2. The second-order valence-electron chi connectivity index (χ2n) is 7.71. The summed E-state index contributed by atoms with van der Waals surface area (Å²) in [4.78, 5) is 15.2. The normalized spacial score (nSPS) is 21.8. The van der Waals surface area contributed by atoms with Crippen LogP contribution in [0.2, 0.25) is 0 Å². The molecule has 2 N–H and O–H groups in total. The molecular formula is C20H25N3O3. The summed E-state index contributed by atoms with van der Waals surface area (Å²) in [7, 11) is 0. The van der Waals surface area contributed by atoms with Crippen LogP contribution in [0.4, 0.5) is 0 Å². The Balaban J connectivity index is 1.64. The molecule has 1 aromatic carbocycles. The molecule has 0 bridgehead atoms. The van der Waals surface area contributed by atoms with Crippen LogP contribution in [0, 0.1) is 20.8 Å². The van der Waals surface area contributed by atoms with Crippen LogP contribution in [0.3, 0.4) is 0 Å². The molecule has 0 saturated carbocycles. The molecule has 0 unspecified atom stereocenters. The summed E-state index contributed by atoms with van der Waals surface area (Å²) in [6, 6.07) is 0. The Kier molecular flexibility index (Phi) is 3.75. The number of benzene rings is 1. The smallest absolute Gasteiger partial charge is 0.266 e. The topological polar surface area (TPSA) is 78.5 Å². The van der Waals surface area contributed by atoms with E-state index < -0.39 is 5.60 Å². The maximum absolute atomic E-state index is 13.3. The molecule has 3 heterocycles. The van der Waals surface area contributed by atoms with Crippen molar-refractivity contribution in [3.05, 3.63) is 39.7 Å². The van der Waals surface area contributed by atoms with Crippen LogP contribution in [-0.2, 0) is 24.2 Å². The van der Waals surface area contributed by atoms with E-state index in [4.69, 9.17) is 4.74 Å². The molecule has 0 fully saturated rings. The van der Waals surface area contributed by atoms with Crippen molar-refractivity contribution in [3.63, 3.8) is 0 Å². The van der Waals surface area contributed by atoms with Crippen LogP contribution in [0.25, 0.3) is 0 Å². The van der Waals surface area contributed by atoms with Crippen molar-refractivity contribution in [1.82, 2.24) is 15.1 Å². The van der Waals surface area contributed by atoms with E-state index in [0.717, 1.165) is 52.1 Å². The number of rotatable bonds is 1. The summed E-state index contributed by atoms with van der Waals surface area (Å²) in [5.74, 6) is 1.13. The summed E-state index contributed by atoms with van der Waals surface area (Å²) in [6.45, 7) is 8.89. The maximum Gasteiger partial charge on any atom is 0.266 e. The van der Waals surface area contributed by atoms with E-state index in [1.165, 1.54) is 0 Å². The molecule has 1 amide bonds. The highest BCUT2D eigenvalue weighted by molar-refractivity contribution is 5.86. The van der Waals surface area contributed by atoms with Crippen LogP contribution in [0.15, 0.2) is 6.20 Å². The van der Waals surface area contributed by atoms with Gasteiger partial charge in [0.05, 0.1) is 6.20 Å². The first-order chi connectivity index (χ1) is 12.3. The highest BCUT2D eigenvalue weighted by Gasteiger charge is 2.43. The third kappa shape index (κ3) is 2.39. The van der Waals surface area contributed by atoms with Crippen LogP contribution in [-0.4, -0.2) is 38.3 Å². The van der Waals surface area contributed by atoms with Crippen molar-refractivity contribution in [2.24, 2.45) is 0 Å². The summed E-state index contributed by atoms with van der Waals surface area (Å²) >= 11 is 0. The first-order valence-corrected chi connectivity index (χ1v) is 9.13. The van der Waals surface area contributed by atoms with Crippen LogP contribution >= 0.6 is 0 Å².